The molecule has 7 heteroatoms. The van der Waals surface area contributed by atoms with Crippen molar-refractivity contribution in [2.24, 2.45) is 17.3 Å². The van der Waals surface area contributed by atoms with Crippen LogP contribution in [0.3, 0.4) is 0 Å². The molecule has 2 fully saturated rings. The fourth-order valence-corrected chi connectivity index (χ4v) is 6.38. The highest BCUT2D eigenvalue weighted by Gasteiger charge is 2.58. The number of carbonyl (C=O) groups excluding carboxylic acids is 1. The number of ether oxygens (including phenoxy) is 1. The maximum absolute atomic E-state index is 14.1. The first-order valence-electron chi connectivity index (χ1n) is 13.3. The summed E-state index contributed by atoms with van der Waals surface area (Å²) in [4.78, 5) is 28.7. The minimum absolute atomic E-state index is 0.0566. The van der Waals surface area contributed by atoms with Gasteiger partial charge in [0.25, 0.3) is 0 Å². The number of nitrogens with zero attached hydrogens (tertiary/aromatic N) is 1. The first-order chi connectivity index (χ1) is 17.6. The Kier molecular flexibility index (Phi) is 8.22. The molecule has 4 rings (SSSR count). The Balaban J connectivity index is 1.79. The average Bonchev–Trinajstić information content (AvgIpc) is 3.24. The Morgan fingerprint density at radius 1 is 1.08 bits per heavy atom. The molecule has 1 aliphatic carbocycles. The molecule has 0 radical (unpaired) electrons. The van der Waals surface area contributed by atoms with Gasteiger partial charge < -0.3 is 20.1 Å². The van der Waals surface area contributed by atoms with Gasteiger partial charge in [-0.1, -0.05) is 76.4 Å². The van der Waals surface area contributed by atoms with Crippen molar-refractivity contribution in [1.82, 2.24) is 10.2 Å². The molecule has 1 saturated heterocycles. The molecule has 0 aromatic heterocycles. The highest BCUT2D eigenvalue weighted by molar-refractivity contribution is 5.87. The van der Waals surface area contributed by atoms with Crippen molar-refractivity contribution >= 4 is 11.9 Å². The molecule has 1 saturated carbocycles. The van der Waals surface area contributed by atoms with Crippen LogP contribution in [-0.4, -0.2) is 41.1 Å². The van der Waals surface area contributed by atoms with Crippen molar-refractivity contribution < 1.29 is 23.8 Å². The van der Waals surface area contributed by atoms with E-state index in [1.165, 1.54) is 19.2 Å². The number of likely N-dealkylation sites (tertiary alicyclic amines) is 1. The lowest BCUT2D eigenvalue weighted by Crippen LogP contribution is -2.49. The number of nitrogens with one attached hydrogen (secondary N) is 1. The van der Waals surface area contributed by atoms with E-state index in [-0.39, 0.29) is 29.6 Å². The van der Waals surface area contributed by atoms with Gasteiger partial charge in [0.05, 0.1) is 13.2 Å². The molecule has 0 spiro atoms. The Labute approximate surface area is 219 Å². The third-order valence-electron chi connectivity index (χ3n) is 8.05. The molecule has 0 bridgehead atoms. The number of rotatable bonds is 7. The van der Waals surface area contributed by atoms with Gasteiger partial charge in [-0.25, -0.2) is 9.18 Å². The van der Waals surface area contributed by atoms with Crippen LogP contribution in [0.25, 0.3) is 0 Å². The van der Waals surface area contributed by atoms with E-state index in [9.17, 15) is 19.1 Å². The summed E-state index contributed by atoms with van der Waals surface area (Å²) in [5.74, 6) is -1.51. The van der Waals surface area contributed by atoms with E-state index in [4.69, 9.17) is 4.74 Å². The van der Waals surface area contributed by atoms with Gasteiger partial charge in [-0.3, -0.25) is 4.79 Å². The molecule has 200 valence electrons. The monoisotopic (exact) mass is 510 g/mol. The molecule has 2 aromatic carbocycles. The van der Waals surface area contributed by atoms with Crippen molar-refractivity contribution in [1.29, 1.82) is 0 Å². The SMILES string of the molecule is COc1cc(F)ccc1CN[C@H]1[C@H](C(C)(C)C)[C@@H](C(=O)O)N(C(=O)C2CCCCC2)[C@H]1c1ccccc1. The number of methoxy groups -OCH3 is 1. The summed E-state index contributed by atoms with van der Waals surface area (Å²) in [5.41, 5.74) is 1.27. The van der Waals surface area contributed by atoms with Gasteiger partial charge in [-0.05, 0) is 29.9 Å². The van der Waals surface area contributed by atoms with E-state index in [1.807, 2.05) is 51.1 Å². The zero-order chi connectivity index (χ0) is 26.7. The van der Waals surface area contributed by atoms with Crippen molar-refractivity contribution in [2.45, 2.75) is 77.5 Å². The zero-order valence-electron chi connectivity index (χ0n) is 22.2. The number of carbonyl (C=O) groups is 2. The smallest absolute Gasteiger partial charge is 0.326 e. The second-order valence-corrected chi connectivity index (χ2v) is 11.5. The molecule has 1 heterocycles. The Hall–Kier alpha value is -2.93. The summed E-state index contributed by atoms with van der Waals surface area (Å²) in [5, 5.41) is 14.2. The van der Waals surface area contributed by atoms with Crippen molar-refractivity contribution in [3.63, 3.8) is 0 Å². The number of hydrogen-bond acceptors (Lipinski definition) is 4. The zero-order valence-corrected chi connectivity index (χ0v) is 22.2. The van der Waals surface area contributed by atoms with E-state index >= 15 is 0 Å². The summed E-state index contributed by atoms with van der Waals surface area (Å²) >= 11 is 0. The molecule has 4 atom stereocenters. The Bertz CT molecular complexity index is 1090. The first kappa shape index (κ1) is 27.1. The normalized spacial score (nSPS) is 24.7. The summed E-state index contributed by atoms with van der Waals surface area (Å²) < 4.78 is 19.2. The number of halogens is 1. The van der Waals surface area contributed by atoms with Crippen LogP contribution in [0.4, 0.5) is 4.39 Å². The van der Waals surface area contributed by atoms with Crippen molar-refractivity contribution in [3.05, 3.63) is 65.5 Å². The maximum Gasteiger partial charge on any atom is 0.326 e. The molecular formula is C30H39FN2O4. The summed E-state index contributed by atoms with van der Waals surface area (Å²) in [7, 11) is 1.50. The highest BCUT2D eigenvalue weighted by atomic mass is 19.1. The lowest BCUT2D eigenvalue weighted by Gasteiger charge is -2.36. The van der Waals surface area contributed by atoms with Gasteiger partial charge in [0.1, 0.15) is 17.6 Å². The lowest BCUT2D eigenvalue weighted by molar-refractivity contribution is -0.154. The quantitative estimate of drug-likeness (QED) is 0.509. The second kappa shape index (κ2) is 11.2. The number of hydrogen-bond donors (Lipinski definition) is 2. The predicted molar refractivity (Wildman–Crippen MR) is 141 cm³/mol. The maximum atomic E-state index is 14.1. The molecule has 1 amide bonds. The Morgan fingerprint density at radius 2 is 1.76 bits per heavy atom. The fourth-order valence-electron chi connectivity index (χ4n) is 6.38. The van der Waals surface area contributed by atoms with Crippen molar-refractivity contribution in [2.75, 3.05) is 7.11 Å². The van der Waals surface area contributed by atoms with Crippen LogP contribution in [0, 0.1) is 23.1 Å². The van der Waals surface area contributed by atoms with Gasteiger partial charge in [0, 0.05) is 36.1 Å². The van der Waals surface area contributed by atoms with E-state index in [0.717, 1.165) is 43.2 Å². The molecule has 2 aliphatic rings. The largest absolute Gasteiger partial charge is 0.496 e. The van der Waals surface area contributed by atoms with Gasteiger partial charge in [0.15, 0.2) is 0 Å². The van der Waals surface area contributed by atoms with E-state index in [2.05, 4.69) is 5.32 Å². The van der Waals surface area contributed by atoms with Gasteiger partial charge in [0.2, 0.25) is 5.91 Å². The average molecular weight is 511 g/mol. The van der Waals surface area contributed by atoms with Crippen LogP contribution in [0.5, 0.6) is 5.75 Å². The van der Waals surface area contributed by atoms with E-state index in [1.54, 1.807) is 11.0 Å². The Morgan fingerprint density at radius 3 is 2.35 bits per heavy atom. The molecule has 1 aliphatic heterocycles. The number of carboxylic acid groups (broad SMARTS) is 1. The molecule has 37 heavy (non-hydrogen) atoms. The molecular weight excluding hydrogens is 471 g/mol. The third-order valence-corrected chi connectivity index (χ3v) is 8.05. The summed E-state index contributed by atoms with van der Waals surface area (Å²) in [6.07, 6.45) is 4.70. The summed E-state index contributed by atoms with van der Waals surface area (Å²) in [6.45, 7) is 6.47. The molecule has 6 nitrogen and oxygen atoms in total. The minimum Gasteiger partial charge on any atom is -0.496 e. The second-order valence-electron chi connectivity index (χ2n) is 11.5. The van der Waals surface area contributed by atoms with Crippen LogP contribution in [-0.2, 0) is 16.1 Å². The topological polar surface area (TPSA) is 78.9 Å². The van der Waals surface area contributed by atoms with Crippen LogP contribution >= 0.6 is 0 Å². The number of aliphatic carboxylic acids is 1. The third kappa shape index (κ3) is 5.66. The van der Waals surface area contributed by atoms with Crippen LogP contribution in [0.2, 0.25) is 0 Å². The van der Waals surface area contributed by atoms with Crippen LogP contribution in [0.1, 0.15) is 70.0 Å². The number of carboxylic acids is 1. The highest BCUT2D eigenvalue weighted by Crippen LogP contribution is 2.49. The standard InChI is InChI=1S/C30H39FN2O4/c1-30(2,3)24-25(32-18-21-15-16-22(31)17-23(21)37-4)26(19-11-7-5-8-12-19)33(27(24)29(35)36)28(34)20-13-9-6-10-14-20/h5,7-8,11-12,15-17,20,24-27,32H,6,9-10,13-14,18H2,1-4H3,(H,35,36)/t24-,25-,26-,27-/m0/s1. The molecule has 2 aromatic rings. The summed E-state index contributed by atoms with van der Waals surface area (Å²) in [6, 6.07) is 12.4. The van der Waals surface area contributed by atoms with Gasteiger partial charge in [-0.15, -0.1) is 0 Å². The molecule has 0 unspecified atom stereocenters. The fraction of sp³-hybridized carbons (Fsp3) is 0.533. The van der Waals surface area contributed by atoms with Crippen LogP contribution < -0.4 is 10.1 Å². The van der Waals surface area contributed by atoms with E-state index in [0.29, 0.717) is 12.3 Å². The first-order valence-corrected chi connectivity index (χ1v) is 13.3. The van der Waals surface area contributed by atoms with Gasteiger partial charge in [-0.2, -0.15) is 0 Å². The van der Waals surface area contributed by atoms with Crippen LogP contribution in [0.15, 0.2) is 48.5 Å². The number of amides is 1. The lowest BCUT2D eigenvalue weighted by atomic mass is 9.72. The van der Waals surface area contributed by atoms with Gasteiger partial charge >= 0.3 is 5.97 Å². The minimum atomic E-state index is -0.978. The predicted octanol–water partition coefficient (Wildman–Crippen LogP) is 5.57. The van der Waals surface area contributed by atoms with Crippen molar-refractivity contribution in [3.8, 4) is 5.75 Å². The number of benzene rings is 2. The molecule has 2 N–H and O–H groups in total. The van der Waals surface area contributed by atoms with E-state index < -0.39 is 23.5 Å².